The molecule has 1 saturated carbocycles. The number of pyridine rings is 1. The highest BCUT2D eigenvalue weighted by atomic mass is 19.3. The van der Waals surface area contributed by atoms with Crippen molar-refractivity contribution in [1.82, 2.24) is 19.4 Å². The number of hydrogen-bond acceptors (Lipinski definition) is 6. The van der Waals surface area contributed by atoms with E-state index in [9.17, 15) is 18.8 Å². The van der Waals surface area contributed by atoms with E-state index in [0.29, 0.717) is 38.2 Å². The lowest BCUT2D eigenvalue weighted by molar-refractivity contribution is -0.147. The first-order valence-corrected chi connectivity index (χ1v) is 11.0. The van der Waals surface area contributed by atoms with Gasteiger partial charge in [0.25, 0.3) is 5.92 Å². The first-order chi connectivity index (χ1) is 15.8. The van der Waals surface area contributed by atoms with Gasteiger partial charge in [-0.05, 0) is 13.0 Å². The SMILES string of the molecule is Cc1nc(C2=C(C#N)c3c(N4CCN(C(=O)OC5CC(F)(F)C5)CC4)ccnc3C2)cn1C. The number of halogens is 2. The van der Waals surface area contributed by atoms with Crippen LogP contribution in [0, 0.1) is 18.3 Å². The fourth-order valence-electron chi connectivity index (χ4n) is 4.65. The zero-order chi connectivity index (χ0) is 23.3. The van der Waals surface area contributed by atoms with Gasteiger partial charge >= 0.3 is 6.09 Å². The van der Waals surface area contributed by atoms with Gasteiger partial charge in [-0.1, -0.05) is 0 Å². The van der Waals surface area contributed by atoms with Crippen LogP contribution in [0.5, 0.6) is 0 Å². The maximum Gasteiger partial charge on any atom is 0.410 e. The summed E-state index contributed by atoms with van der Waals surface area (Å²) in [4.78, 5) is 25.1. The molecule has 2 aromatic rings. The Labute approximate surface area is 190 Å². The molecule has 10 heteroatoms. The highest BCUT2D eigenvalue weighted by Crippen LogP contribution is 2.42. The Morgan fingerprint density at radius 3 is 2.61 bits per heavy atom. The van der Waals surface area contributed by atoms with Crippen LogP contribution in [0.1, 0.15) is 35.6 Å². The maximum absolute atomic E-state index is 13.0. The van der Waals surface area contributed by atoms with Crippen molar-refractivity contribution in [2.75, 3.05) is 31.1 Å². The third-order valence-corrected chi connectivity index (χ3v) is 6.63. The average Bonchev–Trinajstić information content (AvgIpc) is 3.31. The summed E-state index contributed by atoms with van der Waals surface area (Å²) in [6.07, 6.45) is 2.17. The molecule has 1 amide bonds. The fraction of sp³-hybridized carbons (Fsp3) is 0.478. The zero-order valence-electron chi connectivity index (χ0n) is 18.5. The van der Waals surface area contributed by atoms with E-state index < -0.39 is 31.0 Å². The van der Waals surface area contributed by atoms with E-state index in [1.807, 2.05) is 30.8 Å². The molecule has 0 unspecified atom stereocenters. The van der Waals surface area contributed by atoms with Gasteiger partial charge in [0.05, 0.1) is 17.0 Å². The van der Waals surface area contributed by atoms with Crippen molar-refractivity contribution in [3.05, 3.63) is 41.2 Å². The predicted octanol–water partition coefficient (Wildman–Crippen LogP) is 3.17. The predicted molar refractivity (Wildman–Crippen MR) is 117 cm³/mol. The zero-order valence-corrected chi connectivity index (χ0v) is 18.5. The number of alkyl halides is 2. The molecule has 0 bridgehead atoms. The van der Waals surface area contributed by atoms with Gasteiger partial charge in [-0.15, -0.1) is 0 Å². The summed E-state index contributed by atoms with van der Waals surface area (Å²) >= 11 is 0. The topological polar surface area (TPSA) is 87.3 Å². The lowest BCUT2D eigenvalue weighted by Crippen LogP contribution is -2.51. The number of aryl methyl sites for hydroxylation is 2. The van der Waals surface area contributed by atoms with Gasteiger partial charge in [0.1, 0.15) is 18.0 Å². The number of allylic oxidation sites excluding steroid dienone is 2. The third-order valence-electron chi connectivity index (χ3n) is 6.63. The minimum Gasteiger partial charge on any atom is -0.446 e. The molecule has 1 saturated heterocycles. The molecule has 2 aliphatic carbocycles. The number of carbonyl (C=O) groups excluding carboxylic acids is 1. The number of anilines is 1. The molecular formula is C23H24F2N6O2. The third kappa shape index (κ3) is 3.81. The van der Waals surface area contributed by atoms with Crippen LogP contribution in [-0.4, -0.2) is 63.7 Å². The van der Waals surface area contributed by atoms with Crippen LogP contribution in [0.3, 0.4) is 0 Å². The molecule has 3 heterocycles. The van der Waals surface area contributed by atoms with E-state index in [1.54, 1.807) is 11.1 Å². The summed E-state index contributed by atoms with van der Waals surface area (Å²) in [5, 5.41) is 10.00. The molecule has 0 N–H and O–H groups in total. The molecular weight excluding hydrogens is 430 g/mol. The molecule has 0 spiro atoms. The number of rotatable bonds is 3. The summed E-state index contributed by atoms with van der Waals surface area (Å²) in [5.41, 5.74) is 4.81. The Kier molecular flexibility index (Phi) is 5.07. The van der Waals surface area contributed by atoms with Crippen LogP contribution in [0.15, 0.2) is 18.5 Å². The number of aromatic nitrogens is 3. The maximum atomic E-state index is 13.0. The van der Waals surface area contributed by atoms with Crippen LogP contribution < -0.4 is 4.90 Å². The minimum atomic E-state index is -2.72. The summed E-state index contributed by atoms with van der Waals surface area (Å²) in [7, 11) is 1.92. The lowest BCUT2D eigenvalue weighted by Gasteiger charge is -2.39. The van der Waals surface area contributed by atoms with Crippen LogP contribution in [-0.2, 0) is 18.2 Å². The highest BCUT2D eigenvalue weighted by Gasteiger charge is 2.48. The largest absolute Gasteiger partial charge is 0.446 e. The number of imidazole rings is 1. The number of nitriles is 1. The Bertz CT molecular complexity index is 1160. The number of carbonyl (C=O) groups is 1. The van der Waals surface area contributed by atoms with Gasteiger partial charge in [0.15, 0.2) is 0 Å². The second-order valence-corrected chi connectivity index (χ2v) is 8.82. The van der Waals surface area contributed by atoms with Crippen molar-refractivity contribution >= 4 is 22.9 Å². The first kappa shape index (κ1) is 21.4. The quantitative estimate of drug-likeness (QED) is 0.708. The Morgan fingerprint density at radius 1 is 1.27 bits per heavy atom. The molecule has 0 atom stereocenters. The first-order valence-electron chi connectivity index (χ1n) is 11.0. The number of ether oxygens (including phenoxy) is 1. The van der Waals surface area contributed by atoms with Gasteiger partial charge in [-0.3, -0.25) is 4.98 Å². The van der Waals surface area contributed by atoms with Crippen LogP contribution >= 0.6 is 0 Å². The molecule has 2 aromatic heterocycles. The minimum absolute atomic E-state index is 0.400. The summed E-state index contributed by atoms with van der Waals surface area (Å²) in [6.45, 7) is 3.84. The van der Waals surface area contributed by atoms with Crippen molar-refractivity contribution in [2.45, 2.75) is 38.2 Å². The number of amides is 1. The van der Waals surface area contributed by atoms with Gasteiger partial charge in [-0.25, -0.2) is 18.6 Å². The molecule has 172 valence electrons. The fourth-order valence-corrected chi connectivity index (χ4v) is 4.65. The molecule has 33 heavy (non-hydrogen) atoms. The average molecular weight is 454 g/mol. The molecule has 2 fully saturated rings. The number of hydrogen-bond donors (Lipinski definition) is 0. The number of piperazine rings is 1. The monoisotopic (exact) mass is 454 g/mol. The van der Waals surface area contributed by atoms with Crippen LogP contribution in [0.25, 0.3) is 11.1 Å². The molecule has 0 aromatic carbocycles. The summed E-state index contributed by atoms with van der Waals surface area (Å²) < 4.78 is 33.1. The Balaban J connectivity index is 1.32. The van der Waals surface area contributed by atoms with Crippen LogP contribution in [0.2, 0.25) is 0 Å². The smallest absolute Gasteiger partial charge is 0.410 e. The Hall–Kier alpha value is -3.48. The second-order valence-electron chi connectivity index (χ2n) is 8.82. The summed E-state index contributed by atoms with van der Waals surface area (Å²) in [6, 6.07) is 4.26. The van der Waals surface area contributed by atoms with Crippen molar-refractivity contribution in [1.29, 1.82) is 5.26 Å². The van der Waals surface area contributed by atoms with E-state index in [0.717, 1.165) is 34.0 Å². The van der Waals surface area contributed by atoms with Gasteiger partial charge < -0.3 is 19.1 Å². The second kappa shape index (κ2) is 7.83. The molecule has 1 aliphatic heterocycles. The number of fused-ring (bicyclic) bond motifs is 1. The van der Waals surface area contributed by atoms with E-state index in [2.05, 4.69) is 20.9 Å². The standard InChI is InChI=1S/C23H24F2N6O2/c1-14-28-19(13-29(14)2)16-9-18-21(17(16)12-26)20(3-4-27-18)30-5-7-31(8-6-30)22(32)33-15-10-23(24,25)11-15/h3-4,13,15H,5-11H2,1-2H3. The Morgan fingerprint density at radius 2 is 2.00 bits per heavy atom. The van der Waals surface area contributed by atoms with E-state index in [1.165, 1.54) is 0 Å². The van der Waals surface area contributed by atoms with Crippen molar-refractivity contribution < 1.29 is 18.3 Å². The van der Waals surface area contributed by atoms with Crippen LogP contribution in [0.4, 0.5) is 19.3 Å². The highest BCUT2D eigenvalue weighted by molar-refractivity contribution is 6.04. The normalized spacial score (nSPS) is 19.8. The van der Waals surface area contributed by atoms with Crippen molar-refractivity contribution in [3.63, 3.8) is 0 Å². The van der Waals surface area contributed by atoms with Crippen molar-refractivity contribution in [3.8, 4) is 6.07 Å². The van der Waals surface area contributed by atoms with E-state index >= 15 is 0 Å². The lowest BCUT2D eigenvalue weighted by atomic mass is 9.91. The van der Waals surface area contributed by atoms with Gasteiger partial charge in [0, 0.05) is 81.7 Å². The molecule has 8 nitrogen and oxygen atoms in total. The van der Waals surface area contributed by atoms with Crippen molar-refractivity contribution in [2.24, 2.45) is 7.05 Å². The van der Waals surface area contributed by atoms with E-state index in [-0.39, 0.29) is 0 Å². The molecule has 0 radical (unpaired) electrons. The number of nitrogens with zero attached hydrogens (tertiary/aromatic N) is 6. The molecule has 5 rings (SSSR count). The van der Waals surface area contributed by atoms with Gasteiger partial charge in [0.2, 0.25) is 0 Å². The van der Waals surface area contributed by atoms with Gasteiger partial charge in [-0.2, -0.15) is 5.26 Å². The van der Waals surface area contributed by atoms with E-state index in [4.69, 9.17) is 4.74 Å². The summed E-state index contributed by atoms with van der Waals surface area (Å²) in [5.74, 6) is -1.85. The molecule has 3 aliphatic rings.